The average molecular weight is 419 g/mol. The molecule has 1 saturated heterocycles. The number of pyridine rings is 2. The zero-order valence-corrected chi connectivity index (χ0v) is 17.3. The Morgan fingerprint density at radius 1 is 0.967 bits per heavy atom. The smallest absolute Gasteiger partial charge is 0.375 e. The maximum Gasteiger partial charge on any atom is 0.417 e. The Morgan fingerprint density at radius 3 is 2.47 bits per heavy atom. The maximum atomic E-state index is 12.7. The number of alkyl halides is 3. The van der Waals surface area contributed by atoms with E-state index in [9.17, 15) is 13.2 Å². The molecule has 3 heterocycles. The normalized spacial score (nSPS) is 23.7. The van der Waals surface area contributed by atoms with Gasteiger partial charge in [0.05, 0.1) is 11.2 Å². The lowest BCUT2D eigenvalue weighted by Crippen LogP contribution is -2.46. The minimum absolute atomic E-state index is 0.00472. The van der Waals surface area contributed by atoms with E-state index in [0.29, 0.717) is 12.1 Å². The summed E-state index contributed by atoms with van der Waals surface area (Å²) in [6.45, 7) is 0.775. The summed E-state index contributed by atoms with van der Waals surface area (Å²) in [7, 11) is 0. The largest absolute Gasteiger partial charge is 0.417 e. The number of aryl methyl sites for hydroxylation is 1. The summed E-state index contributed by atoms with van der Waals surface area (Å²) >= 11 is 0. The molecule has 0 radical (unpaired) electrons. The third-order valence-corrected chi connectivity index (χ3v) is 6.86. The van der Waals surface area contributed by atoms with Gasteiger partial charge in [0.1, 0.15) is 0 Å². The highest BCUT2D eigenvalue weighted by Crippen LogP contribution is 2.50. The summed E-state index contributed by atoms with van der Waals surface area (Å²) in [5.74, 6) is 0. The van der Waals surface area contributed by atoms with E-state index in [0.717, 1.165) is 69.5 Å². The van der Waals surface area contributed by atoms with Crippen LogP contribution in [0.25, 0.3) is 0 Å². The molecule has 1 saturated carbocycles. The van der Waals surface area contributed by atoms with Gasteiger partial charge in [-0.2, -0.15) is 13.2 Å². The molecule has 0 aromatic carbocycles. The zero-order chi connectivity index (χ0) is 21.1. The predicted octanol–water partition coefficient (Wildman–Crippen LogP) is 6.27. The molecule has 1 aliphatic heterocycles. The standard InChI is InChI=1S/C24H29F3N2O/c25-24(26,27)19-9-10-20(29-17-19)7-1-3-11-22(21-8-2-6-15-28-21)14-16-30-23(18-22)12-4-5-13-23/h2,6,8-10,15,17H,1,3-5,7,11-14,16,18H2/t22-/m1/s1. The van der Waals surface area contributed by atoms with Crippen LogP contribution in [0, 0.1) is 0 Å². The average Bonchev–Trinajstić information content (AvgIpc) is 3.19. The molecule has 0 amide bonds. The minimum atomic E-state index is -4.33. The van der Waals surface area contributed by atoms with E-state index in [1.54, 1.807) is 0 Å². The van der Waals surface area contributed by atoms with Crippen LogP contribution in [0.3, 0.4) is 0 Å². The van der Waals surface area contributed by atoms with Crippen LogP contribution in [0.2, 0.25) is 0 Å². The van der Waals surface area contributed by atoms with E-state index in [4.69, 9.17) is 9.72 Å². The molecular weight excluding hydrogens is 389 g/mol. The van der Waals surface area contributed by atoms with Gasteiger partial charge in [-0.1, -0.05) is 25.3 Å². The Hall–Kier alpha value is -1.95. The van der Waals surface area contributed by atoms with Crippen LogP contribution in [0.1, 0.15) is 74.7 Å². The van der Waals surface area contributed by atoms with E-state index in [1.807, 2.05) is 12.3 Å². The SMILES string of the molecule is FC(F)(F)c1ccc(CCCC[C@@]2(c3ccccn3)CCOC3(CCCC3)C2)nc1. The maximum absolute atomic E-state index is 12.7. The van der Waals surface area contributed by atoms with Crippen molar-refractivity contribution < 1.29 is 17.9 Å². The lowest BCUT2D eigenvalue weighted by atomic mass is 9.67. The second kappa shape index (κ2) is 8.66. The first-order valence-corrected chi connectivity index (χ1v) is 11.0. The van der Waals surface area contributed by atoms with Crippen molar-refractivity contribution in [3.63, 3.8) is 0 Å². The molecule has 1 aliphatic carbocycles. The number of ether oxygens (including phenoxy) is 1. The van der Waals surface area contributed by atoms with Gasteiger partial charge in [0.15, 0.2) is 0 Å². The monoisotopic (exact) mass is 418 g/mol. The molecule has 2 fully saturated rings. The van der Waals surface area contributed by atoms with Crippen LogP contribution < -0.4 is 0 Å². The predicted molar refractivity (Wildman–Crippen MR) is 109 cm³/mol. The molecule has 0 bridgehead atoms. The molecule has 0 N–H and O–H groups in total. The molecule has 6 heteroatoms. The summed E-state index contributed by atoms with van der Waals surface area (Å²) in [4.78, 5) is 8.73. The van der Waals surface area contributed by atoms with Crippen LogP contribution in [0.4, 0.5) is 13.2 Å². The molecule has 4 rings (SSSR count). The molecule has 3 nitrogen and oxygen atoms in total. The van der Waals surface area contributed by atoms with Crippen LogP contribution in [-0.2, 0) is 22.7 Å². The fraction of sp³-hybridized carbons (Fsp3) is 0.583. The third-order valence-electron chi connectivity index (χ3n) is 6.86. The van der Waals surface area contributed by atoms with Gasteiger partial charge in [-0.15, -0.1) is 0 Å². The van der Waals surface area contributed by atoms with Crippen molar-refractivity contribution in [2.24, 2.45) is 0 Å². The van der Waals surface area contributed by atoms with E-state index in [-0.39, 0.29) is 11.0 Å². The summed E-state index contributed by atoms with van der Waals surface area (Å²) in [6, 6.07) is 8.79. The fourth-order valence-corrected chi connectivity index (χ4v) is 5.31. The highest BCUT2D eigenvalue weighted by Gasteiger charge is 2.48. The Morgan fingerprint density at radius 2 is 1.80 bits per heavy atom. The minimum Gasteiger partial charge on any atom is -0.375 e. The van der Waals surface area contributed by atoms with Gasteiger partial charge < -0.3 is 4.74 Å². The van der Waals surface area contributed by atoms with Gasteiger partial charge in [0, 0.05) is 35.8 Å². The molecule has 1 spiro atoms. The molecule has 162 valence electrons. The van der Waals surface area contributed by atoms with Crippen LogP contribution >= 0.6 is 0 Å². The lowest BCUT2D eigenvalue weighted by molar-refractivity contribution is -0.137. The quantitative estimate of drug-likeness (QED) is 0.519. The van der Waals surface area contributed by atoms with Gasteiger partial charge in [-0.05, 0) is 69.2 Å². The first-order chi connectivity index (χ1) is 14.4. The first kappa shape index (κ1) is 21.3. The number of hydrogen-bond acceptors (Lipinski definition) is 3. The van der Waals surface area contributed by atoms with E-state index >= 15 is 0 Å². The van der Waals surface area contributed by atoms with Crippen molar-refractivity contribution in [1.82, 2.24) is 9.97 Å². The molecule has 1 atom stereocenters. The van der Waals surface area contributed by atoms with Crippen molar-refractivity contribution in [2.45, 2.75) is 81.4 Å². The molecule has 2 aliphatic rings. The van der Waals surface area contributed by atoms with Gasteiger partial charge in [0.25, 0.3) is 0 Å². The zero-order valence-electron chi connectivity index (χ0n) is 17.3. The third kappa shape index (κ3) is 4.69. The fourth-order valence-electron chi connectivity index (χ4n) is 5.31. The van der Waals surface area contributed by atoms with Crippen molar-refractivity contribution in [1.29, 1.82) is 0 Å². The number of aromatic nitrogens is 2. The topological polar surface area (TPSA) is 35.0 Å². The number of hydrogen-bond donors (Lipinski definition) is 0. The lowest BCUT2D eigenvalue weighted by Gasteiger charge is -2.46. The number of rotatable bonds is 6. The number of nitrogens with zero attached hydrogens (tertiary/aromatic N) is 2. The summed E-state index contributed by atoms with van der Waals surface area (Å²) in [6.07, 6.45) is 8.83. The second-order valence-electron chi connectivity index (χ2n) is 8.90. The highest BCUT2D eigenvalue weighted by atomic mass is 19.4. The Labute approximate surface area is 176 Å². The van der Waals surface area contributed by atoms with E-state index in [2.05, 4.69) is 17.1 Å². The van der Waals surface area contributed by atoms with Crippen molar-refractivity contribution in [2.75, 3.05) is 6.61 Å². The molecule has 2 aromatic heterocycles. The summed E-state index contributed by atoms with van der Waals surface area (Å²) < 4.78 is 44.4. The van der Waals surface area contributed by atoms with Crippen LogP contribution in [0.5, 0.6) is 0 Å². The van der Waals surface area contributed by atoms with Crippen LogP contribution in [0.15, 0.2) is 42.7 Å². The number of halogens is 3. The Balaban J connectivity index is 1.41. The molecule has 2 aromatic rings. The molecule has 30 heavy (non-hydrogen) atoms. The van der Waals surface area contributed by atoms with Crippen molar-refractivity contribution in [3.8, 4) is 0 Å². The van der Waals surface area contributed by atoms with Gasteiger partial charge >= 0.3 is 6.18 Å². The second-order valence-corrected chi connectivity index (χ2v) is 8.90. The molecular formula is C24H29F3N2O. The van der Waals surface area contributed by atoms with E-state index in [1.165, 1.54) is 18.9 Å². The first-order valence-electron chi connectivity index (χ1n) is 11.0. The van der Waals surface area contributed by atoms with Crippen LogP contribution in [-0.4, -0.2) is 22.2 Å². The highest BCUT2D eigenvalue weighted by molar-refractivity contribution is 5.21. The van der Waals surface area contributed by atoms with Gasteiger partial charge in [-0.3, -0.25) is 9.97 Å². The van der Waals surface area contributed by atoms with Crippen molar-refractivity contribution in [3.05, 3.63) is 59.7 Å². The van der Waals surface area contributed by atoms with Gasteiger partial charge in [0.2, 0.25) is 0 Å². The van der Waals surface area contributed by atoms with Gasteiger partial charge in [-0.25, -0.2) is 0 Å². The Kier molecular flexibility index (Phi) is 6.14. The number of unbranched alkanes of at least 4 members (excludes halogenated alkanes) is 1. The van der Waals surface area contributed by atoms with Crippen molar-refractivity contribution >= 4 is 0 Å². The molecule has 0 unspecified atom stereocenters. The summed E-state index contributed by atoms with van der Waals surface area (Å²) in [5, 5.41) is 0. The Bertz CT molecular complexity index is 817. The summed E-state index contributed by atoms with van der Waals surface area (Å²) in [5.41, 5.74) is 1.22. The van der Waals surface area contributed by atoms with E-state index < -0.39 is 11.7 Å².